The van der Waals surface area contributed by atoms with Crippen LogP contribution in [-0.2, 0) is 10.8 Å². The highest BCUT2D eigenvalue weighted by Crippen LogP contribution is 2.66. The molecule has 0 atom stereocenters. The summed E-state index contributed by atoms with van der Waals surface area (Å²) >= 11 is 0. The van der Waals surface area contributed by atoms with E-state index in [9.17, 15) is 0 Å². The van der Waals surface area contributed by atoms with Gasteiger partial charge in [-0.2, -0.15) is 0 Å². The lowest BCUT2D eigenvalue weighted by molar-refractivity contribution is 0.794. The summed E-state index contributed by atoms with van der Waals surface area (Å²) in [6.07, 6.45) is 0. The van der Waals surface area contributed by atoms with Crippen molar-refractivity contribution in [1.82, 2.24) is 19.1 Å². The first-order valence-electron chi connectivity index (χ1n) is 34.7. The number of hydrogen-bond donors (Lipinski definition) is 0. The first-order chi connectivity index (χ1) is 49.6. The highest BCUT2D eigenvalue weighted by Gasteiger charge is 2.53. The summed E-state index contributed by atoms with van der Waals surface area (Å²) in [6, 6.07) is 131. The first kappa shape index (κ1) is 55.1. The molecule has 4 heteroatoms. The lowest BCUT2D eigenvalue weighted by atomic mass is 9.70. The van der Waals surface area contributed by atoms with Crippen molar-refractivity contribution in [1.29, 1.82) is 0 Å². The van der Waals surface area contributed by atoms with Gasteiger partial charge in [0.05, 0.1) is 44.3 Å². The zero-order valence-electron chi connectivity index (χ0n) is 54.3. The number of rotatable bonds is 7. The Labute approximate surface area is 578 Å². The molecule has 462 valence electrons. The van der Waals surface area contributed by atoms with Gasteiger partial charge >= 0.3 is 0 Å². The molecule has 0 saturated heterocycles. The fraction of sp³-hybridized carbons (Fsp3) is 0.0208. The second kappa shape index (κ2) is 20.8. The van der Waals surface area contributed by atoms with Gasteiger partial charge < -0.3 is 9.13 Å². The van der Waals surface area contributed by atoms with Crippen LogP contribution in [0.25, 0.3) is 156 Å². The minimum absolute atomic E-state index is 0.445. The van der Waals surface area contributed by atoms with Gasteiger partial charge in [-0.15, -0.1) is 0 Å². The molecule has 4 aliphatic carbocycles. The zero-order chi connectivity index (χ0) is 65.4. The lowest BCUT2D eigenvalue weighted by Gasteiger charge is -2.30. The number of fused-ring (bicyclic) bond motifs is 26. The predicted molar refractivity (Wildman–Crippen MR) is 410 cm³/mol. The zero-order valence-corrected chi connectivity index (χ0v) is 54.3. The van der Waals surface area contributed by atoms with Crippen LogP contribution in [0.3, 0.4) is 0 Å². The van der Waals surface area contributed by atoms with Crippen LogP contribution in [0.1, 0.15) is 44.5 Å². The van der Waals surface area contributed by atoms with Crippen molar-refractivity contribution >= 4 is 43.6 Å². The van der Waals surface area contributed by atoms with E-state index in [1.165, 1.54) is 133 Å². The highest BCUT2D eigenvalue weighted by atomic mass is 15.0. The topological polar surface area (TPSA) is 35.6 Å². The Morgan fingerprint density at radius 3 is 0.970 bits per heavy atom. The van der Waals surface area contributed by atoms with Crippen LogP contribution in [-0.4, -0.2) is 19.1 Å². The number of nitrogens with zero attached hydrogens (tertiary/aromatic N) is 4. The van der Waals surface area contributed by atoms with Crippen molar-refractivity contribution in [2.75, 3.05) is 0 Å². The van der Waals surface area contributed by atoms with E-state index >= 15 is 0 Å². The molecule has 100 heavy (non-hydrogen) atoms. The van der Waals surface area contributed by atoms with E-state index in [1.54, 1.807) is 0 Å². The second-order valence-electron chi connectivity index (χ2n) is 27.3. The smallest absolute Gasteiger partial charge is 0.160 e. The summed E-state index contributed by atoms with van der Waals surface area (Å²) in [5, 5.41) is 4.73. The summed E-state index contributed by atoms with van der Waals surface area (Å²) in [5.41, 5.74) is 36.2. The largest absolute Gasteiger partial charge is 0.309 e. The Morgan fingerprint density at radius 2 is 0.530 bits per heavy atom. The standard InChI is InChI=1S/C96H58N4/c1-3-25-59(26-4-1)86-58-87(98-94(97-86)60-27-5-2-6-28-60)63-53-64(99-88-47-21-13-33-72(88)76-55-61(49-51-90(76)99)66-37-23-45-84-92(66)74-35-11-19-43-82(74)95(84)78-39-15-7-29-68(78)69-30-8-16-40-79(69)95)57-65(54-63)100-89-48-22-14-34-73(89)77-56-62(50-52-91(77)100)67-38-24-46-85-93(67)75-36-12-20-44-83(75)96(85)80-41-17-9-31-70(80)71-32-10-18-42-81(71)96/h1-58H. The van der Waals surface area contributed by atoms with E-state index in [-0.39, 0.29) is 0 Å². The van der Waals surface area contributed by atoms with Crippen LogP contribution in [0.5, 0.6) is 0 Å². The van der Waals surface area contributed by atoms with Crippen molar-refractivity contribution < 1.29 is 0 Å². The summed E-state index contributed by atoms with van der Waals surface area (Å²) in [4.78, 5) is 10.8. The van der Waals surface area contributed by atoms with E-state index in [4.69, 9.17) is 9.97 Å². The van der Waals surface area contributed by atoms with Crippen LogP contribution in [0, 0.1) is 0 Å². The average Bonchev–Trinajstić information content (AvgIpc) is 1.51. The number of hydrogen-bond acceptors (Lipinski definition) is 2. The van der Waals surface area contributed by atoms with Gasteiger partial charge in [-0.3, -0.25) is 0 Å². The van der Waals surface area contributed by atoms with Crippen LogP contribution >= 0.6 is 0 Å². The Hall–Kier alpha value is -13.0. The van der Waals surface area contributed by atoms with Gasteiger partial charge in [0, 0.05) is 49.6 Å². The molecule has 0 aliphatic heterocycles. The maximum atomic E-state index is 5.55. The second-order valence-corrected chi connectivity index (χ2v) is 27.3. The molecular weight excluding hydrogens is 1210 g/mol. The molecule has 4 nitrogen and oxygen atoms in total. The maximum absolute atomic E-state index is 5.55. The van der Waals surface area contributed by atoms with Crippen LogP contribution in [0.4, 0.5) is 0 Å². The third-order valence-corrected chi connectivity index (χ3v) is 22.6. The minimum Gasteiger partial charge on any atom is -0.309 e. The SMILES string of the molecule is c1ccc(-c2cc(-c3cc(-n4c5ccccc5c5cc(-c6cccc7c6-c6ccccc6C76c7ccccc7-c7ccccc76)ccc54)cc(-n4c5ccccc5c5cc(-c6cccc7c6-c6ccccc6C76c7ccccc7-c7ccccc76)ccc54)c3)nc(-c3ccccc3)n2)cc1. The van der Waals surface area contributed by atoms with E-state index < -0.39 is 10.8 Å². The Balaban J connectivity index is 0.759. The van der Waals surface area contributed by atoms with Crippen molar-refractivity contribution in [2.24, 2.45) is 0 Å². The predicted octanol–water partition coefficient (Wildman–Crippen LogP) is 23.7. The van der Waals surface area contributed by atoms with E-state index in [0.717, 1.165) is 61.5 Å². The molecule has 18 aromatic rings. The molecule has 2 spiro atoms. The van der Waals surface area contributed by atoms with E-state index in [2.05, 4.69) is 361 Å². The Kier molecular flexibility index (Phi) is 11.4. The molecule has 3 aromatic heterocycles. The molecule has 22 rings (SSSR count). The van der Waals surface area contributed by atoms with Gasteiger partial charge in [0.2, 0.25) is 0 Å². The minimum atomic E-state index is -0.445. The van der Waals surface area contributed by atoms with Crippen LogP contribution < -0.4 is 0 Å². The quantitative estimate of drug-likeness (QED) is 0.159. The Morgan fingerprint density at radius 1 is 0.200 bits per heavy atom. The maximum Gasteiger partial charge on any atom is 0.160 e. The van der Waals surface area contributed by atoms with Crippen molar-refractivity contribution in [3.8, 4) is 112 Å². The molecule has 0 saturated carbocycles. The van der Waals surface area contributed by atoms with Gasteiger partial charge in [0.15, 0.2) is 5.82 Å². The van der Waals surface area contributed by atoms with Gasteiger partial charge in [-0.05, 0) is 172 Å². The normalized spacial score (nSPS) is 13.6. The molecule has 0 bridgehead atoms. The van der Waals surface area contributed by atoms with Gasteiger partial charge in [-0.1, -0.05) is 291 Å². The first-order valence-corrected chi connectivity index (χ1v) is 34.7. The molecule has 0 fully saturated rings. The fourth-order valence-corrected chi connectivity index (χ4v) is 18.7. The van der Waals surface area contributed by atoms with Crippen LogP contribution in [0.2, 0.25) is 0 Å². The van der Waals surface area contributed by atoms with Gasteiger partial charge in [0.1, 0.15) is 0 Å². The molecule has 0 unspecified atom stereocenters. The van der Waals surface area contributed by atoms with E-state index in [1.807, 2.05) is 0 Å². The molecule has 0 amide bonds. The highest BCUT2D eigenvalue weighted by molar-refractivity contribution is 6.14. The summed E-state index contributed by atoms with van der Waals surface area (Å²) < 4.78 is 4.97. The fourth-order valence-electron chi connectivity index (χ4n) is 18.7. The number of aromatic nitrogens is 4. The average molecular weight is 1270 g/mol. The monoisotopic (exact) mass is 1270 g/mol. The van der Waals surface area contributed by atoms with Gasteiger partial charge in [0.25, 0.3) is 0 Å². The number of para-hydroxylation sites is 2. The van der Waals surface area contributed by atoms with E-state index in [0.29, 0.717) is 5.82 Å². The summed E-state index contributed by atoms with van der Waals surface area (Å²) in [6.45, 7) is 0. The Bertz CT molecular complexity index is 6060. The molecule has 15 aromatic carbocycles. The molecule has 3 heterocycles. The lowest BCUT2D eigenvalue weighted by Crippen LogP contribution is -2.25. The molecule has 4 aliphatic rings. The molecule has 0 N–H and O–H groups in total. The van der Waals surface area contributed by atoms with Gasteiger partial charge in [-0.25, -0.2) is 9.97 Å². The van der Waals surface area contributed by atoms with Crippen molar-refractivity contribution in [3.63, 3.8) is 0 Å². The number of benzene rings is 15. The van der Waals surface area contributed by atoms with Crippen molar-refractivity contribution in [2.45, 2.75) is 10.8 Å². The summed E-state index contributed by atoms with van der Waals surface area (Å²) in [7, 11) is 0. The molecular formula is C96H58N4. The van der Waals surface area contributed by atoms with Crippen molar-refractivity contribution in [3.05, 3.63) is 396 Å². The summed E-state index contributed by atoms with van der Waals surface area (Å²) in [5.74, 6) is 0.669. The third-order valence-electron chi connectivity index (χ3n) is 22.6. The third kappa shape index (κ3) is 7.38. The van der Waals surface area contributed by atoms with Crippen LogP contribution in [0.15, 0.2) is 352 Å². The molecule has 0 radical (unpaired) electrons.